The molecule has 0 aliphatic carbocycles. The summed E-state index contributed by atoms with van der Waals surface area (Å²) in [6.45, 7) is 9.26. The lowest BCUT2D eigenvalue weighted by Gasteiger charge is -2.15. The Morgan fingerprint density at radius 1 is 1.29 bits per heavy atom. The maximum atomic E-state index is 4.27. The van der Waals surface area contributed by atoms with Crippen molar-refractivity contribution in [2.24, 2.45) is 5.92 Å². The first-order valence-corrected chi connectivity index (χ1v) is 5.95. The molecule has 0 fully saturated rings. The van der Waals surface area contributed by atoms with Crippen molar-refractivity contribution in [2.75, 3.05) is 11.9 Å². The Labute approximate surface area is 100 Å². The van der Waals surface area contributed by atoms with Gasteiger partial charge in [0.2, 0.25) is 0 Å². The minimum absolute atomic E-state index is 0.268. The molecule has 6 nitrogen and oxygen atoms in total. The summed E-state index contributed by atoms with van der Waals surface area (Å²) in [5.74, 6) is 1.23. The van der Waals surface area contributed by atoms with Crippen LogP contribution in [0.15, 0.2) is 6.33 Å². The van der Waals surface area contributed by atoms with Gasteiger partial charge >= 0.3 is 0 Å². The minimum Gasteiger partial charge on any atom is -0.368 e. The molecule has 2 heterocycles. The molecule has 0 bridgehead atoms. The first kappa shape index (κ1) is 11.8. The van der Waals surface area contributed by atoms with Gasteiger partial charge in [-0.3, -0.25) is 0 Å². The Kier molecular flexibility index (Phi) is 3.21. The smallest absolute Gasteiger partial charge is 0.184 e. The van der Waals surface area contributed by atoms with E-state index in [1.807, 2.05) is 11.6 Å². The molecule has 0 saturated heterocycles. The van der Waals surface area contributed by atoms with Crippen molar-refractivity contribution in [3.63, 3.8) is 0 Å². The largest absolute Gasteiger partial charge is 0.368 e. The average molecular weight is 234 g/mol. The molecule has 6 heteroatoms. The molecule has 2 rings (SSSR count). The quantitative estimate of drug-likeness (QED) is 0.874. The molecular weight excluding hydrogens is 216 g/mol. The summed E-state index contributed by atoms with van der Waals surface area (Å²) >= 11 is 0. The average Bonchev–Trinajstić information content (AvgIpc) is 2.73. The van der Waals surface area contributed by atoms with Crippen molar-refractivity contribution in [1.82, 2.24) is 25.0 Å². The van der Waals surface area contributed by atoms with E-state index in [0.717, 1.165) is 23.5 Å². The maximum Gasteiger partial charge on any atom is 0.184 e. The Morgan fingerprint density at radius 2 is 2.06 bits per heavy atom. The SMILES string of the molecule is CCNc1ncnc2c1nnn2C(C)C(C)C. The van der Waals surface area contributed by atoms with E-state index in [4.69, 9.17) is 0 Å². The number of anilines is 1. The van der Waals surface area contributed by atoms with Gasteiger partial charge in [-0.05, 0) is 19.8 Å². The van der Waals surface area contributed by atoms with E-state index in [9.17, 15) is 0 Å². The standard InChI is InChI=1S/C11H18N6/c1-5-12-10-9-11(14-6-13-10)17(16-15-9)8(4)7(2)3/h6-8H,5H2,1-4H3,(H,12,13,14). The Balaban J connectivity index is 2.50. The summed E-state index contributed by atoms with van der Waals surface area (Å²) in [4.78, 5) is 8.45. The number of nitrogens with zero attached hydrogens (tertiary/aromatic N) is 5. The first-order valence-electron chi connectivity index (χ1n) is 5.95. The van der Waals surface area contributed by atoms with Crippen LogP contribution in [0.4, 0.5) is 5.82 Å². The zero-order valence-corrected chi connectivity index (χ0v) is 10.7. The summed E-state index contributed by atoms with van der Waals surface area (Å²) in [5, 5.41) is 11.5. The van der Waals surface area contributed by atoms with Gasteiger partial charge in [0, 0.05) is 6.54 Å². The van der Waals surface area contributed by atoms with Gasteiger partial charge in [0.05, 0.1) is 6.04 Å². The van der Waals surface area contributed by atoms with Gasteiger partial charge < -0.3 is 5.32 Å². The molecule has 2 aromatic heterocycles. The molecular formula is C11H18N6. The number of rotatable bonds is 4. The number of hydrogen-bond donors (Lipinski definition) is 1. The normalized spacial score (nSPS) is 13.2. The molecule has 1 atom stereocenters. The maximum absolute atomic E-state index is 4.27. The van der Waals surface area contributed by atoms with Crippen molar-refractivity contribution >= 4 is 17.0 Å². The van der Waals surface area contributed by atoms with Gasteiger partial charge in [-0.15, -0.1) is 5.10 Å². The van der Waals surface area contributed by atoms with Gasteiger partial charge in [0.15, 0.2) is 17.0 Å². The monoisotopic (exact) mass is 234 g/mol. The highest BCUT2D eigenvalue weighted by molar-refractivity contribution is 5.81. The van der Waals surface area contributed by atoms with E-state index in [2.05, 4.69) is 46.4 Å². The molecule has 0 saturated carbocycles. The van der Waals surface area contributed by atoms with Crippen LogP contribution in [0.2, 0.25) is 0 Å². The van der Waals surface area contributed by atoms with E-state index >= 15 is 0 Å². The van der Waals surface area contributed by atoms with Crippen LogP contribution in [0.5, 0.6) is 0 Å². The van der Waals surface area contributed by atoms with Crippen molar-refractivity contribution in [3.05, 3.63) is 6.33 Å². The van der Waals surface area contributed by atoms with Crippen molar-refractivity contribution in [2.45, 2.75) is 33.7 Å². The van der Waals surface area contributed by atoms with Crippen LogP contribution >= 0.6 is 0 Å². The van der Waals surface area contributed by atoms with Gasteiger partial charge in [0.25, 0.3) is 0 Å². The first-order chi connectivity index (χ1) is 8.15. The number of aromatic nitrogens is 5. The van der Waals surface area contributed by atoms with Crippen LogP contribution in [-0.4, -0.2) is 31.5 Å². The Morgan fingerprint density at radius 3 is 2.71 bits per heavy atom. The third kappa shape index (κ3) is 2.07. The topological polar surface area (TPSA) is 68.5 Å². The van der Waals surface area contributed by atoms with Crippen molar-refractivity contribution < 1.29 is 0 Å². The molecule has 0 radical (unpaired) electrons. The molecule has 0 spiro atoms. The van der Waals surface area contributed by atoms with Crippen LogP contribution in [0.25, 0.3) is 11.2 Å². The zero-order valence-electron chi connectivity index (χ0n) is 10.7. The number of hydrogen-bond acceptors (Lipinski definition) is 5. The van der Waals surface area contributed by atoms with Gasteiger partial charge in [-0.2, -0.15) is 0 Å². The molecule has 0 aliphatic rings. The molecule has 0 aliphatic heterocycles. The molecule has 17 heavy (non-hydrogen) atoms. The Hall–Kier alpha value is -1.72. The highest BCUT2D eigenvalue weighted by Crippen LogP contribution is 2.22. The lowest BCUT2D eigenvalue weighted by atomic mass is 10.1. The van der Waals surface area contributed by atoms with Gasteiger partial charge in [-0.1, -0.05) is 19.1 Å². The summed E-state index contributed by atoms with van der Waals surface area (Å²) in [6.07, 6.45) is 1.55. The lowest BCUT2D eigenvalue weighted by molar-refractivity contribution is 0.375. The molecule has 0 aromatic carbocycles. The highest BCUT2D eigenvalue weighted by atomic mass is 15.5. The summed E-state index contributed by atoms with van der Waals surface area (Å²) in [7, 11) is 0. The van der Waals surface area contributed by atoms with Crippen LogP contribution in [0, 0.1) is 5.92 Å². The van der Waals surface area contributed by atoms with E-state index in [-0.39, 0.29) is 6.04 Å². The summed E-state index contributed by atoms with van der Waals surface area (Å²) in [5.41, 5.74) is 1.53. The zero-order chi connectivity index (χ0) is 12.4. The Bertz CT molecular complexity index is 504. The van der Waals surface area contributed by atoms with Crippen LogP contribution in [0.3, 0.4) is 0 Å². The second-order valence-corrected chi connectivity index (χ2v) is 4.44. The predicted octanol–water partition coefficient (Wildman–Crippen LogP) is 1.87. The summed E-state index contributed by atoms with van der Waals surface area (Å²) < 4.78 is 1.86. The molecule has 1 unspecified atom stereocenters. The van der Waals surface area contributed by atoms with Crippen molar-refractivity contribution in [3.8, 4) is 0 Å². The fourth-order valence-corrected chi connectivity index (χ4v) is 1.62. The second kappa shape index (κ2) is 4.65. The predicted molar refractivity (Wildman–Crippen MR) is 66.8 cm³/mol. The van der Waals surface area contributed by atoms with Crippen LogP contribution in [-0.2, 0) is 0 Å². The van der Waals surface area contributed by atoms with Gasteiger partial charge in [0.1, 0.15) is 6.33 Å². The highest BCUT2D eigenvalue weighted by Gasteiger charge is 2.17. The van der Waals surface area contributed by atoms with Crippen LogP contribution < -0.4 is 5.32 Å². The lowest BCUT2D eigenvalue weighted by Crippen LogP contribution is -2.13. The second-order valence-electron chi connectivity index (χ2n) is 4.44. The number of fused-ring (bicyclic) bond motifs is 1. The van der Waals surface area contributed by atoms with E-state index in [1.54, 1.807) is 6.33 Å². The molecule has 1 N–H and O–H groups in total. The molecule has 92 valence electrons. The molecule has 0 amide bonds. The minimum atomic E-state index is 0.268. The fourth-order valence-electron chi connectivity index (χ4n) is 1.62. The molecule has 2 aromatic rings. The number of nitrogens with one attached hydrogen (secondary N) is 1. The van der Waals surface area contributed by atoms with Crippen molar-refractivity contribution in [1.29, 1.82) is 0 Å². The van der Waals surface area contributed by atoms with E-state index in [0.29, 0.717) is 5.92 Å². The van der Waals surface area contributed by atoms with E-state index in [1.165, 1.54) is 0 Å². The fraction of sp³-hybridized carbons (Fsp3) is 0.636. The van der Waals surface area contributed by atoms with E-state index < -0.39 is 0 Å². The third-order valence-corrected chi connectivity index (χ3v) is 2.96. The third-order valence-electron chi connectivity index (χ3n) is 2.96. The van der Waals surface area contributed by atoms with Crippen LogP contribution in [0.1, 0.15) is 33.7 Å². The summed E-state index contributed by atoms with van der Waals surface area (Å²) in [6, 6.07) is 0.268. The van der Waals surface area contributed by atoms with Gasteiger partial charge in [-0.25, -0.2) is 14.6 Å².